The van der Waals surface area contributed by atoms with Crippen molar-refractivity contribution in [1.29, 1.82) is 0 Å². The number of sulfonamides is 1. The van der Waals surface area contributed by atoms with Crippen LogP contribution in [0.3, 0.4) is 0 Å². The Hall–Kier alpha value is -1.58. The van der Waals surface area contributed by atoms with E-state index < -0.39 is 34.0 Å². The highest BCUT2D eigenvalue weighted by molar-refractivity contribution is 7.89. The number of fused-ring (bicyclic) bond motifs is 4. The Morgan fingerprint density at radius 2 is 1.88 bits per heavy atom. The molecule has 1 fully saturated rings. The number of nitrogens with one attached hydrogen (secondary N) is 1. The molecule has 2 aromatic rings. The van der Waals surface area contributed by atoms with Crippen LogP contribution in [0, 0.1) is 0 Å². The van der Waals surface area contributed by atoms with E-state index in [1.165, 1.54) is 28.6 Å². The fourth-order valence-electron chi connectivity index (χ4n) is 3.95. The van der Waals surface area contributed by atoms with Crippen LogP contribution in [-0.2, 0) is 22.6 Å². The highest BCUT2D eigenvalue weighted by Gasteiger charge is 2.50. The van der Waals surface area contributed by atoms with E-state index in [0.717, 1.165) is 0 Å². The molecule has 10 heteroatoms. The van der Waals surface area contributed by atoms with Gasteiger partial charge in [0.25, 0.3) is 0 Å². The van der Waals surface area contributed by atoms with Crippen molar-refractivity contribution in [3.63, 3.8) is 0 Å². The van der Waals surface area contributed by atoms with Gasteiger partial charge in [-0.2, -0.15) is 22.6 Å². The van der Waals surface area contributed by atoms with Crippen molar-refractivity contribution >= 4 is 21.6 Å². The van der Waals surface area contributed by atoms with Crippen LogP contribution in [0.5, 0.6) is 0 Å². The number of H-pyrrole nitrogens is 1. The van der Waals surface area contributed by atoms with Crippen LogP contribution in [-0.4, -0.2) is 29.0 Å². The average Bonchev–Trinajstić information content (AvgIpc) is 2.98. The number of benzene rings is 1. The zero-order valence-electron chi connectivity index (χ0n) is 13.4. The van der Waals surface area contributed by atoms with E-state index >= 15 is 0 Å². The molecular formula is C16H15ClF3N3O2S. The van der Waals surface area contributed by atoms with Crippen molar-refractivity contribution in [3.05, 3.63) is 46.2 Å². The lowest BCUT2D eigenvalue weighted by atomic mass is 9.84. The zero-order chi connectivity index (χ0) is 18.7. The molecular weight excluding hydrogens is 391 g/mol. The third-order valence-corrected chi connectivity index (χ3v) is 7.23. The van der Waals surface area contributed by atoms with Crippen LogP contribution in [0.25, 0.3) is 0 Å². The van der Waals surface area contributed by atoms with Crippen molar-refractivity contribution < 1.29 is 21.6 Å². The summed E-state index contributed by atoms with van der Waals surface area (Å²) in [6, 6.07) is 4.41. The summed E-state index contributed by atoms with van der Waals surface area (Å²) in [7, 11) is -3.96. The van der Waals surface area contributed by atoms with Crippen molar-refractivity contribution in [3.8, 4) is 0 Å². The van der Waals surface area contributed by atoms with Gasteiger partial charge in [0.05, 0.1) is 16.6 Å². The number of nitrogens with zero attached hydrogens (tertiary/aromatic N) is 2. The summed E-state index contributed by atoms with van der Waals surface area (Å²) in [5.41, 5.74) is -0.672. The Morgan fingerprint density at radius 3 is 2.54 bits per heavy atom. The fourth-order valence-corrected chi connectivity index (χ4v) is 5.92. The van der Waals surface area contributed by atoms with Gasteiger partial charge in [-0.25, -0.2) is 8.42 Å². The first-order valence-electron chi connectivity index (χ1n) is 8.13. The van der Waals surface area contributed by atoms with Crippen LogP contribution in [0.1, 0.15) is 42.3 Å². The predicted octanol–water partition coefficient (Wildman–Crippen LogP) is 3.92. The molecule has 2 atom stereocenters. The Kier molecular flexibility index (Phi) is 4.09. The number of piperidine rings is 1. The Bertz CT molecular complexity index is 941. The Labute approximate surface area is 153 Å². The average molecular weight is 406 g/mol. The second kappa shape index (κ2) is 5.97. The first-order chi connectivity index (χ1) is 12.2. The van der Waals surface area contributed by atoms with Crippen molar-refractivity contribution in [2.24, 2.45) is 0 Å². The second-order valence-corrected chi connectivity index (χ2v) is 8.83. The van der Waals surface area contributed by atoms with Crippen LogP contribution in [0.15, 0.2) is 29.2 Å². The minimum Gasteiger partial charge on any atom is -0.273 e. The van der Waals surface area contributed by atoms with Crippen LogP contribution in [0.2, 0.25) is 5.02 Å². The monoisotopic (exact) mass is 405 g/mol. The van der Waals surface area contributed by atoms with Gasteiger partial charge in [0.1, 0.15) is 5.69 Å². The lowest BCUT2D eigenvalue weighted by molar-refractivity contribution is -0.142. The molecule has 5 nitrogen and oxygen atoms in total. The molecule has 2 bridgehead atoms. The summed E-state index contributed by atoms with van der Waals surface area (Å²) in [6.07, 6.45) is -2.84. The number of aromatic nitrogens is 2. The predicted molar refractivity (Wildman–Crippen MR) is 88.2 cm³/mol. The van der Waals surface area contributed by atoms with Crippen molar-refractivity contribution in [2.75, 3.05) is 0 Å². The highest BCUT2D eigenvalue weighted by atomic mass is 35.5. The molecule has 2 aliphatic rings. The molecule has 140 valence electrons. The first-order valence-corrected chi connectivity index (χ1v) is 9.95. The standard InChI is InChI=1S/C16H15ClF3N3O2S/c17-9-4-6-11(7-5-9)26(24,25)23-10-2-1-3-13(23)14-12(8-10)21-22-15(14)16(18,19)20/h4-7,10,13H,1-3,8H2,(H,21,22). The lowest BCUT2D eigenvalue weighted by Gasteiger charge is -2.44. The SMILES string of the molecule is O=S(=O)(c1ccc(Cl)cc1)N1C2CCCC1c1c(n[nH]c1C(F)(F)F)C2. The van der Waals surface area contributed by atoms with Crippen LogP contribution in [0.4, 0.5) is 13.2 Å². The number of hydrogen-bond acceptors (Lipinski definition) is 3. The molecule has 1 N–H and O–H groups in total. The summed E-state index contributed by atoms with van der Waals surface area (Å²) >= 11 is 5.82. The summed E-state index contributed by atoms with van der Waals surface area (Å²) in [4.78, 5) is 0.0271. The van der Waals surface area contributed by atoms with Gasteiger partial charge in [-0.3, -0.25) is 5.10 Å². The maximum Gasteiger partial charge on any atom is 0.433 e. The van der Waals surface area contributed by atoms with Gasteiger partial charge in [-0.1, -0.05) is 11.6 Å². The molecule has 1 saturated heterocycles. The van der Waals surface area contributed by atoms with E-state index in [9.17, 15) is 21.6 Å². The van der Waals surface area contributed by atoms with Crippen LogP contribution < -0.4 is 0 Å². The maximum atomic E-state index is 13.4. The normalized spacial score (nSPS) is 23.7. The van der Waals surface area contributed by atoms with Gasteiger partial charge in [0.15, 0.2) is 0 Å². The number of hydrogen-bond donors (Lipinski definition) is 1. The summed E-state index contributed by atoms with van der Waals surface area (Å²) in [5.74, 6) is 0. The van der Waals surface area contributed by atoms with Gasteiger partial charge >= 0.3 is 6.18 Å². The number of aromatic amines is 1. The molecule has 0 radical (unpaired) electrons. The molecule has 0 aliphatic carbocycles. The molecule has 4 rings (SSSR count). The van der Waals surface area contributed by atoms with Crippen molar-refractivity contribution in [1.82, 2.24) is 14.5 Å². The minimum absolute atomic E-state index is 0.0271. The molecule has 1 aromatic carbocycles. The van der Waals surface area contributed by atoms with Gasteiger partial charge < -0.3 is 0 Å². The van der Waals surface area contributed by atoms with Gasteiger partial charge in [-0.05, 0) is 43.5 Å². The van der Waals surface area contributed by atoms with Gasteiger partial charge in [-0.15, -0.1) is 0 Å². The van der Waals surface area contributed by atoms with Gasteiger partial charge in [0.2, 0.25) is 10.0 Å². The number of rotatable bonds is 2. The lowest BCUT2D eigenvalue weighted by Crippen LogP contribution is -2.50. The first kappa shape index (κ1) is 17.8. The van der Waals surface area contributed by atoms with Crippen LogP contribution >= 0.6 is 11.6 Å². The summed E-state index contributed by atoms with van der Waals surface area (Å²) in [5, 5.41) is 6.28. The third-order valence-electron chi connectivity index (χ3n) is 5.00. The largest absolute Gasteiger partial charge is 0.433 e. The van der Waals surface area contributed by atoms with E-state index in [1.54, 1.807) is 0 Å². The second-order valence-electron chi connectivity index (χ2n) is 6.55. The van der Waals surface area contributed by atoms with E-state index in [-0.39, 0.29) is 16.9 Å². The topological polar surface area (TPSA) is 66.1 Å². The molecule has 1 aromatic heterocycles. The summed E-state index contributed by atoms with van der Waals surface area (Å²) < 4.78 is 67.7. The van der Waals surface area contributed by atoms with E-state index in [1.807, 2.05) is 0 Å². The van der Waals surface area contributed by atoms with E-state index in [2.05, 4.69) is 10.2 Å². The Morgan fingerprint density at radius 1 is 1.19 bits per heavy atom. The summed E-state index contributed by atoms with van der Waals surface area (Å²) in [6.45, 7) is 0. The fraction of sp³-hybridized carbons (Fsp3) is 0.438. The smallest absolute Gasteiger partial charge is 0.273 e. The highest BCUT2D eigenvalue weighted by Crippen LogP contribution is 2.48. The molecule has 2 aliphatic heterocycles. The molecule has 26 heavy (non-hydrogen) atoms. The quantitative estimate of drug-likeness (QED) is 0.823. The Balaban J connectivity index is 1.83. The zero-order valence-corrected chi connectivity index (χ0v) is 15.0. The molecule has 0 saturated carbocycles. The molecule has 0 amide bonds. The molecule has 0 spiro atoms. The maximum absolute atomic E-state index is 13.4. The minimum atomic E-state index is -4.61. The third kappa shape index (κ3) is 2.73. The van der Waals surface area contributed by atoms with Crippen molar-refractivity contribution in [2.45, 2.75) is 48.8 Å². The van der Waals surface area contributed by atoms with E-state index in [4.69, 9.17) is 11.6 Å². The molecule has 3 heterocycles. The van der Waals surface area contributed by atoms with E-state index in [0.29, 0.717) is 30.0 Å². The number of halogens is 4. The molecule has 2 unspecified atom stereocenters. The number of alkyl halides is 3. The van der Waals surface area contributed by atoms with Gasteiger partial charge in [0, 0.05) is 23.0 Å².